The van der Waals surface area contributed by atoms with Crippen LogP contribution in [0.5, 0.6) is 0 Å². The lowest BCUT2D eigenvalue weighted by molar-refractivity contribution is 0.659. The van der Waals surface area contributed by atoms with E-state index in [1.54, 1.807) is 0 Å². The van der Waals surface area contributed by atoms with E-state index in [-0.39, 0.29) is 0 Å². The highest BCUT2D eigenvalue weighted by atomic mass is 32.1. The van der Waals surface area contributed by atoms with Crippen molar-refractivity contribution in [2.45, 2.75) is 39.0 Å². The van der Waals surface area contributed by atoms with Gasteiger partial charge in [0, 0.05) is 16.2 Å². The molecule has 0 saturated heterocycles. The summed E-state index contributed by atoms with van der Waals surface area (Å²) in [6.45, 7) is 4.43. The van der Waals surface area contributed by atoms with Gasteiger partial charge in [-0.05, 0) is 30.9 Å². The molecule has 0 bridgehead atoms. The second kappa shape index (κ2) is 5.25. The number of thiophene rings is 1. The summed E-state index contributed by atoms with van der Waals surface area (Å²) in [5.74, 6) is 0.579. The first kappa shape index (κ1) is 11.3. The van der Waals surface area contributed by atoms with E-state index in [0.29, 0.717) is 5.92 Å². The number of hydrogen-bond donors (Lipinski definition) is 1. The van der Waals surface area contributed by atoms with E-state index in [9.17, 15) is 0 Å². The molecule has 4 heteroatoms. The van der Waals surface area contributed by atoms with Gasteiger partial charge in [-0.1, -0.05) is 13.8 Å². The molecule has 86 valence electrons. The van der Waals surface area contributed by atoms with Crippen LogP contribution in [0.1, 0.15) is 41.6 Å². The number of aromatic nitrogens is 3. The topological polar surface area (TPSA) is 41.6 Å². The molecule has 0 amide bonds. The Balaban J connectivity index is 2.10. The normalized spacial score (nSPS) is 12.9. The third-order valence-corrected chi connectivity index (χ3v) is 4.24. The zero-order valence-electron chi connectivity index (χ0n) is 9.73. The Labute approximate surface area is 99.9 Å². The van der Waals surface area contributed by atoms with Crippen molar-refractivity contribution in [3.8, 4) is 0 Å². The van der Waals surface area contributed by atoms with E-state index in [4.69, 9.17) is 0 Å². The van der Waals surface area contributed by atoms with Crippen LogP contribution in [0, 0.1) is 0 Å². The van der Waals surface area contributed by atoms with E-state index in [1.165, 1.54) is 9.75 Å². The molecule has 2 heterocycles. The van der Waals surface area contributed by atoms with Crippen LogP contribution in [-0.2, 0) is 12.8 Å². The second-order valence-corrected chi connectivity index (χ2v) is 5.13. The zero-order valence-corrected chi connectivity index (χ0v) is 10.5. The summed E-state index contributed by atoms with van der Waals surface area (Å²) in [6, 6.07) is 4.50. The van der Waals surface area contributed by atoms with Gasteiger partial charge in [-0.3, -0.25) is 0 Å². The van der Waals surface area contributed by atoms with Crippen molar-refractivity contribution in [1.82, 2.24) is 15.4 Å². The van der Waals surface area contributed by atoms with E-state index in [0.717, 1.165) is 25.0 Å². The van der Waals surface area contributed by atoms with Crippen molar-refractivity contribution in [1.29, 1.82) is 0 Å². The highest BCUT2D eigenvalue weighted by molar-refractivity contribution is 7.12. The maximum Gasteiger partial charge on any atom is 0.0831 e. The summed E-state index contributed by atoms with van der Waals surface area (Å²) in [4.78, 5) is 2.94. The third kappa shape index (κ3) is 2.50. The monoisotopic (exact) mass is 235 g/mol. The molecule has 2 aromatic rings. The fourth-order valence-corrected chi connectivity index (χ4v) is 2.96. The highest BCUT2D eigenvalue weighted by Gasteiger charge is 2.13. The van der Waals surface area contributed by atoms with Gasteiger partial charge < -0.3 is 0 Å². The van der Waals surface area contributed by atoms with Gasteiger partial charge >= 0.3 is 0 Å². The van der Waals surface area contributed by atoms with E-state index >= 15 is 0 Å². The maximum atomic E-state index is 4.12. The Hall–Kier alpha value is -1.16. The van der Waals surface area contributed by atoms with Gasteiger partial charge in [-0.25, -0.2) is 0 Å². The van der Waals surface area contributed by atoms with Crippen molar-refractivity contribution in [2.24, 2.45) is 0 Å². The van der Waals surface area contributed by atoms with Crippen LogP contribution in [0.2, 0.25) is 0 Å². The number of nitrogens with zero attached hydrogens (tertiary/aromatic N) is 2. The van der Waals surface area contributed by atoms with E-state index < -0.39 is 0 Å². The first-order chi connectivity index (χ1) is 7.83. The number of rotatable bonds is 5. The largest absolute Gasteiger partial charge is 0.198 e. The van der Waals surface area contributed by atoms with E-state index in [1.807, 2.05) is 17.5 Å². The average molecular weight is 235 g/mol. The molecular formula is C12H17N3S. The smallest absolute Gasteiger partial charge is 0.0831 e. The molecule has 0 spiro atoms. The van der Waals surface area contributed by atoms with Gasteiger partial charge in [0.15, 0.2) is 0 Å². The fourth-order valence-electron chi connectivity index (χ4n) is 1.83. The summed E-state index contributed by atoms with van der Waals surface area (Å²) >= 11 is 1.93. The van der Waals surface area contributed by atoms with Gasteiger partial charge in [0.1, 0.15) is 0 Å². The minimum absolute atomic E-state index is 0.579. The van der Waals surface area contributed by atoms with Crippen LogP contribution in [0.15, 0.2) is 18.3 Å². The molecule has 1 atom stereocenters. The standard InChI is InChI=1S/C12H17N3S/c1-3-9(7-10-8-13-15-14-10)12-6-5-11(4-2)16-12/h5-6,8-9H,3-4,7H2,1-2H3,(H,13,14,15). The Bertz CT molecular complexity index is 419. The van der Waals surface area contributed by atoms with Crippen molar-refractivity contribution in [2.75, 3.05) is 0 Å². The van der Waals surface area contributed by atoms with Crippen molar-refractivity contribution < 1.29 is 0 Å². The highest BCUT2D eigenvalue weighted by Crippen LogP contribution is 2.29. The Morgan fingerprint density at radius 3 is 2.81 bits per heavy atom. The predicted molar refractivity (Wildman–Crippen MR) is 66.8 cm³/mol. The average Bonchev–Trinajstić information content (AvgIpc) is 2.96. The molecule has 0 aliphatic carbocycles. The van der Waals surface area contributed by atoms with Crippen LogP contribution < -0.4 is 0 Å². The number of nitrogens with one attached hydrogen (secondary N) is 1. The summed E-state index contributed by atoms with van der Waals surface area (Å²) in [5.41, 5.74) is 1.05. The van der Waals surface area contributed by atoms with Gasteiger partial charge in [0.05, 0.1) is 11.9 Å². The maximum absolute atomic E-state index is 4.12. The van der Waals surface area contributed by atoms with Gasteiger partial charge in [0.25, 0.3) is 0 Å². The molecule has 0 radical (unpaired) electrons. The quantitative estimate of drug-likeness (QED) is 0.865. The SMILES string of the molecule is CCc1ccc(C(CC)Cc2cn[nH]n2)s1. The van der Waals surface area contributed by atoms with Gasteiger partial charge in [0.2, 0.25) is 0 Å². The minimum Gasteiger partial charge on any atom is -0.198 e. The van der Waals surface area contributed by atoms with Crippen LogP contribution >= 0.6 is 11.3 Å². The molecule has 2 rings (SSSR count). The molecule has 1 unspecified atom stereocenters. The number of aryl methyl sites for hydroxylation is 1. The van der Waals surface area contributed by atoms with Crippen molar-refractivity contribution in [3.63, 3.8) is 0 Å². The van der Waals surface area contributed by atoms with Crippen LogP contribution in [0.4, 0.5) is 0 Å². The van der Waals surface area contributed by atoms with Gasteiger partial charge in [-0.2, -0.15) is 15.4 Å². The Morgan fingerprint density at radius 2 is 2.25 bits per heavy atom. The molecule has 0 aliphatic heterocycles. The summed E-state index contributed by atoms with van der Waals surface area (Å²) in [6.07, 6.45) is 5.08. The zero-order chi connectivity index (χ0) is 11.4. The molecule has 2 aromatic heterocycles. The second-order valence-electron chi connectivity index (χ2n) is 3.93. The first-order valence-electron chi connectivity index (χ1n) is 5.76. The van der Waals surface area contributed by atoms with Crippen molar-refractivity contribution in [3.05, 3.63) is 33.8 Å². The third-order valence-electron chi connectivity index (χ3n) is 2.85. The number of aromatic amines is 1. The number of hydrogen-bond acceptors (Lipinski definition) is 3. The lowest BCUT2D eigenvalue weighted by Crippen LogP contribution is -2.00. The number of H-pyrrole nitrogens is 1. The molecule has 0 aromatic carbocycles. The summed E-state index contributed by atoms with van der Waals surface area (Å²) in [5, 5.41) is 10.6. The molecule has 0 fully saturated rings. The Kier molecular flexibility index (Phi) is 3.72. The Morgan fingerprint density at radius 1 is 1.38 bits per heavy atom. The van der Waals surface area contributed by atoms with Crippen LogP contribution in [-0.4, -0.2) is 15.4 Å². The fraction of sp³-hybridized carbons (Fsp3) is 0.500. The van der Waals surface area contributed by atoms with E-state index in [2.05, 4.69) is 41.4 Å². The molecule has 3 nitrogen and oxygen atoms in total. The molecule has 1 N–H and O–H groups in total. The molecule has 16 heavy (non-hydrogen) atoms. The van der Waals surface area contributed by atoms with Gasteiger partial charge in [-0.15, -0.1) is 11.3 Å². The molecule has 0 aliphatic rings. The minimum atomic E-state index is 0.579. The summed E-state index contributed by atoms with van der Waals surface area (Å²) in [7, 11) is 0. The lowest BCUT2D eigenvalue weighted by atomic mass is 9.99. The lowest BCUT2D eigenvalue weighted by Gasteiger charge is -2.10. The molecular weight excluding hydrogens is 218 g/mol. The predicted octanol–water partition coefficient (Wildman–Crippen LogP) is 3.16. The van der Waals surface area contributed by atoms with Crippen LogP contribution in [0.3, 0.4) is 0 Å². The molecule has 0 saturated carbocycles. The summed E-state index contributed by atoms with van der Waals surface area (Å²) < 4.78 is 0. The van der Waals surface area contributed by atoms with Crippen LogP contribution in [0.25, 0.3) is 0 Å². The van der Waals surface area contributed by atoms with Crippen molar-refractivity contribution >= 4 is 11.3 Å². The first-order valence-corrected chi connectivity index (χ1v) is 6.58.